The maximum Gasteiger partial charge on any atom is 0.135 e. The van der Waals surface area contributed by atoms with Crippen LogP contribution in [0.1, 0.15) is 53.3 Å². The van der Waals surface area contributed by atoms with E-state index in [1.807, 2.05) is 0 Å². The number of rotatable bonds is 2. The molecule has 1 atom stereocenters. The fourth-order valence-electron chi connectivity index (χ4n) is 6.60. The Balaban J connectivity index is 1.37. The van der Waals surface area contributed by atoms with E-state index in [0.717, 1.165) is 22.7 Å². The maximum absolute atomic E-state index is 6.47. The van der Waals surface area contributed by atoms with E-state index in [-0.39, 0.29) is 11.3 Å². The molecule has 3 aliphatic rings. The minimum Gasteiger partial charge on any atom is -0.456 e. The molecule has 178 valence electrons. The molecular weight excluding hydrogens is 440 g/mol. The summed E-state index contributed by atoms with van der Waals surface area (Å²) in [6.07, 6.45) is 6.81. The van der Waals surface area contributed by atoms with Crippen molar-refractivity contribution in [3.63, 3.8) is 0 Å². The molecule has 2 aromatic heterocycles. The number of allylic oxidation sites excluding steroid dienone is 3. The Labute approximate surface area is 212 Å². The highest BCUT2D eigenvalue weighted by Gasteiger charge is 2.46. The number of benzene rings is 2. The summed E-state index contributed by atoms with van der Waals surface area (Å²) in [7, 11) is 0. The van der Waals surface area contributed by atoms with Gasteiger partial charge in [0.2, 0.25) is 0 Å². The van der Waals surface area contributed by atoms with Gasteiger partial charge in [-0.3, -0.25) is 0 Å². The Hall–Kier alpha value is -3.78. The van der Waals surface area contributed by atoms with Gasteiger partial charge in [0.25, 0.3) is 0 Å². The topological polar surface area (TPSA) is 26.3 Å². The number of fused-ring (bicyclic) bond motifs is 5. The molecule has 0 aliphatic heterocycles. The van der Waals surface area contributed by atoms with Gasteiger partial charge in [-0.05, 0) is 92.0 Å². The van der Waals surface area contributed by atoms with Gasteiger partial charge in [-0.2, -0.15) is 0 Å². The van der Waals surface area contributed by atoms with E-state index in [9.17, 15) is 0 Å². The highest BCUT2D eigenvalue weighted by atomic mass is 16.3. The molecular formula is C34H30O2. The van der Waals surface area contributed by atoms with Crippen molar-refractivity contribution in [2.45, 2.75) is 47.5 Å². The Bertz CT molecular complexity index is 1800. The van der Waals surface area contributed by atoms with Gasteiger partial charge in [0.05, 0.1) is 0 Å². The van der Waals surface area contributed by atoms with E-state index >= 15 is 0 Å². The average molecular weight is 471 g/mol. The largest absolute Gasteiger partial charge is 0.456 e. The molecule has 2 nitrogen and oxygen atoms in total. The summed E-state index contributed by atoms with van der Waals surface area (Å²) < 4.78 is 12.9. The molecule has 0 radical (unpaired) electrons. The van der Waals surface area contributed by atoms with Gasteiger partial charge < -0.3 is 8.83 Å². The van der Waals surface area contributed by atoms with Crippen LogP contribution < -0.4 is 10.6 Å². The molecule has 0 saturated carbocycles. The first kappa shape index (κ1) is 21.5. The van der Waals surface area contributed by atoms with Crippen molar-refractivity contribution >= 4 is 17.7 Å². The molecule has 0 amide bonds. The number of hydrogen-bond acceptors (Lipinski definition) is 2. The van der Waals surface area contributed by atoms with Crippen molar-refractivity contribution in [2.75, 3.05) is 0 Å². The van der Waals surface area contributed by atoms with Crippen LogP contribution in [-0.4, -0.2) is 0 Å². The van der Waals surface area contributed by atoms with Crippen molar-refractivity contribution < 1.29 is 8.83 Å². The Morgan fingerprint density at radius 2 is 1.33 bits per heavy atom. The predicted molar refractivity (Wildman–Crippen MR) is 147 cm³/mol. The van der Waals surface area contributed by atoms with Gasteiger partial charge in [-0.25, -0.2) is 0 Å². The highest BCUT2D eigenvalue weighted by molar-refractivity contribution is 5.91. The normalized spacial score (nSPS) is 18.7. The fraction of sp³-hybridized carbons (Fsp3) is 0.235. The lowest BCUT2D eigenvalue weighted by atomic mass is 9.63. The number of furan rings is 2. The predicted octanol–water partition coefficient (Wildman–Crippen LogP) is 7.53. The number of aryl methyl sites for hydroxylation is 4. The zero-order valence-electron chi connectivity index (χ0n) is 21.7. The standard InChI is InChI=1S/C34H30O2/c1-18-7-9-20(3)24(11-18)30-16-26-28(35-30)14-22-13-23-15-29-27(33(23)34(5,6)32(22)26)17-31(36-29)25-12-19(2)8-10-21(25)4/h7-17,32H,1-6H3. The third-order valence-corrected chi connectivity index (χ3v) is 8.34. The lowest BCUT2D eigenvalue weighted by molar-refractivity contribution is 0.430. The lowest BCUT2D eigenvalue weighted by Gasteiger charge is -2.39. The van der Waals surface area contributed by atoms with Crippen LogP contribution in [-0.2, 0) is 0 Å². The first-order valence-electron chi connectivity index (χ1n) is 12.8. The molecule has 0 N–H and O–H groups in total. The van der Waals surface area contributed by atoms with Gasteiger partial charge >= 0.3 is 0 Å². The summed E-state index contributed by atoms with van der Waals surface area (Å²) in [5, 5.41) is 1.23. The van der Waals surface area contributed by atoms with Crippen LogP contribution in [0.3, 0.4) is 0 Å². The molecule has 7 rings (SSSR count). The van der Waals surface area contributed by atoms with Crippen molar-refractivity contribution in [1.29, 1.82) is 0 Å². The Morgan fingerprint density at radius 1 is 0.694 bits per heavy atom. The zero-order chi connectivity index (χ0) is 24.9. The molecule has 36 heavy (non-hydrogen) atoms. The summed E-state index contributed by atoms with van der Waals surface area (Å²) >= 11 is 0. The van der Waals surface area contributed by atoms with Crippen molar-refractivity contribution in [2.24, 2.45) is 5.41 Å². The fourth-order valence-corrected chi connectivity index (χ4v) is 6.60. The molecule has 0 bridgehead atoms. The molecule has 3 aliphatic carbocycles. The lowest BCUT2D eigenvalue weighted by Crippen LogP contribution is -2.32. The van der Waals surface area contributed by atoms with Gasteiger partial charge in [0, 0.05) is 33.2 Å². The second-order valence-corrected chi connectivity index (χ2v) is 11.4. The van der Waals surface area contributed by atoms with Crippen LogP contribution in [0, 0.1) is 33.1 Å². The Morgan fingerprint density at radius 3 is 2.00 bits per heavy atom. The van der Waals surface area contributed by atoms with E-state index in [1.54, 1.807) is 0 Å². The van der Waals surface area contributed by atoms with E-state index < -0.39 is 0 Å². The highest BCUT2D eigenvalue weighted by Crippen LogP contribution is 2.58. The third-order valence-electron chi connectivity index (χ3n) is 8.34. The summed E-state index contributed by atoms with van der Waals surface area (Å²) in [4.78, 5) is 0. The van der Waals surface area contributed by atoms with Gasteiger partial charge in [0.15, 0.2) is 0 Å². The van der Waals surface area contributed by atoms with E-state index in [0.29, 0.717) is 0 Å². The van der Waals surface area contributed by atoms with Gasteiger partial charge in [-0.15, -0.1) is 0 Å². The van der Waals surface area contributed by atoms with Crippen LogP contribution >= 0.6 is 0 Å². The quantitative estimate of drug-likeness (QED) is 0.303. The maximum atomic E-state index is 6.47. The second kappa shape index (κ2) is 7.13. The van der Waals surface area contributed by atoms with Crippen LogP contribution in [0.15, 0.2) is 74.6 Å². The van der Waals surface area contributed by atoms with Crippen LogP contribution in [0.5, 0.6) is 0 Å². The van der Waals surface area contributed by atoms with Crippen molar-refractivity contribution in [3.05, 3.63) is 110 Å². The first-order chi connectivity index (χ1) is 17.2. The summed E-state index contributed by atoms with van der Waals surface area (Å²) in [5.74, 6) is 3.17. The third kappa shape index (κ3) is 2.91. The molecule has 0 fully saturated rings. The first-order valence-corrected chi connectivity index (χ1v) is 12.8. The Kier molecular flexibility index (Phi) is 4.26. The van der Waals surface area contributed by atoms with Crippen LogP contribution in [0.25, 0.3) is 40.4 Å². The molecule has 1 unspecified atom stereocenters. The molecule has 2 heteroatoms. The van der Waals surface area contributed by atoms with Gasteiger partial charge in [0.1, 0.15) is 22.7 Å². The van der Waals surface area contributed by atoms with E-state index in [1.165, 1.54) is 60.9 Å². The molecule has 0 spiro atoms. The smallest absolute Gasteiger partial charge is 0.135 e. The molecule has 2 heterocycles. The number of hydrogen-bond donors (Lipinski definition) is 0. The summed E-state index contributed by atoms with van der Waals surface area (Å²) in [6.45, 7) is 13.3. The van der Waals surface area contributed by atoms with E-state index in [2.05, 4.69) is 108 Å². The minimum absolute atomic E-state index is 0.103. The minimum atomic E-state index is -0.103. The van der Waals surface area contributed by atoms with E-state index in [4.69, 9.17) is 8.83 Å². The monoisotopic (exact) mass is 470 g/mol. The van der Waals surface area contributed by atoms with Crippen LogP contribution in [0.4, 0.5) is 0 Å². The molecule has 4 aromatic rings. The average Bonchev–Trinajstić information content (AvgIpc) is 3.55. The zero-order valence-corrected chi connectivity index (χ0v) is 21.7. The van der Waals surface area contributed by atoms with Crippen LogP contribution in [0.2, 0.25) is 0 Å². The summed E-state index contributed by atoms with van der Waals surface area (Å²) in [5.41, 5.74) is 13.5. The summed E-state index contributed by atoms with van der Waals surface area (Å²) in [6, 6.07) is 17.7. The van der Waals surface area contributed by atoms with Gasteiger partial charge in [-0.1, -0.05) is 55.3 Å². The second-order valence-electron chi connectivity index (χ2n) is 11.4. The van der Waals surface area contributed by atoms with Crippen molar-refractivity contribution in [3.8, 4) is 22.6 Å². The van der Waals surface area contributed by atoms with Crippen molar-refractivity contribution in [1.82, 2.24) is 0 Å². The molecule has 2 aromatic carbocycles. The SMILES string of the molecule is Cc1ccc(C)c(-c2cc3c(o2)C=C2C=C4C=c5oc(-c6cc(C)ccc6C)cc5=C4C(C)(C)C23)c1. The molecule has 0 saturated heterocycles.